The van der Waals surface area contributed by atoms with Gasteiger partial charge in [-0.3, -0.25) is 4.79 Å². The minimum atomic E-state index is -1.46. The van der Waals surface area contributed by atoms with Gasteiger partial charge in [-0.1, -0.05) is 0 Å². The van der Waals surface area contributed by atoms with Crippen molar-refractivity contribution in [3.63, 3.8) is 0 Å². The highest BCUT2D eigenvalue weighted by molar-refractivity contribution is 5.68. The third-order valence-corrected chi connectivity index (χ3v) is 2.88. The van der Waals surface area contributed by atoms with Crippen molar-refractivity contribution >= 4 is 5.97 Å². The van der Waals surface area contributed by atoms with Crippen molar-refractivity contribution in [2.24, 2.45) is 0 Å². The molecule has 0 spiro atoms. The molecule has 8 nitrogen and oxygen atoms in total. The second-order valence-electron chi connectivity index (χ2n) is 4.25. The molecule has 0 aromatic heterocycles. The highest BCUT2D eigenvalue weighted by atomic mass is 16.7. The van der Waals surface area contributed by atoms with E-state index in [0.29, 0.717) is 6.42 Å². The van der Waals surface area contributed by atoms with Crippen molar-refractivity contribution in [2.45, 2.75) is 43.5 Å². The Morgan fingerprint density at radius 1 is 1.21 bits per heavy atom. The van der Waals surface area contributed by atoms with Crippen molar-refractivity contribution in [1.82, 2.24) is 0 Å². The second-order valence-corrected chi connectivity index (χ2v) is 4.25. The van der Waals surface area contributed by atoms with Crippen LogP contribution >= 0.6 is 0 Å². The Bertz CT molecular complexity index is 282. The highest BCUT2D eigenvalue weighted by Gasteiger charge is 2.43. The van der Waals surface area contributed by atoms with Gasteiger partial charge in [-0.2, -0.15) is 0 Å². The molecule has 1 rings (SSSR count). The molecular formula is C11H20O8. The molecule has 0 aromatic carbocycles. The Kier molecular flexibility index (Phi) is 6.63. The van der Waals surface area contributed by atoms with Crippen LogP contribution in [0.25, 0.3) is 0 Å². The summed E-state index contributed by atoms with van der Waals surface area (Å²) in [5.74, 6) is -0.377. The molecule has 0 amide bonds. The van der Waals surface area contributed by atoms with Gasteiger partial charge in [0.2, 0.25) is 0 Å². The van der Waals surface area contributed by atoms with E-state index in [0.717, 1.165) is 0 Å². The second kappa shape index (κ2) is 7.73. The molecule has 4 N–H and O–H groups in total. The monoisotopic (exact) mass is 280 g/mol. The third kappa shape index (κ3) is 4.37. The quantitative estimate of drug-likeness (QED) is 0.318. The van der Waals surface area contributed by atoms with Crippen LogP contribution in [0.4, 0.5) is 0 Å². The standard InChI is InChI=1S/C11H20O8/c1-17-7(13)3-2-4-18-11-10(16)9(15)8(14)6(5-12)19-11/h6,8-12,14-16H,2-5H2,1H3/t6-,8-,9+,10-,11-/m1/s1. The molecule has 1 aliphatic heterocycles. The summed E-state index contributed by atoms with van der Waals surface area (Å²) in [5.41, 5.74) is 0. The van der Waals surface area contributed by atoms with Crippen LogP contribution in [0.1, 0.15) is 12.8 Å². The van der Waals surface area contributed by atoms with E-state index in [1.54, 1.807) is 0 Å². The summed E-state index contributed by atoms with van der Waals surface area (Å²) < 4.78 is 14.7. The maximum atomic E-state index is 10.9. The Morgan fingerprint density at radius 3 is 2.47 bits per heavy atom. The van der Waals surface area contributed by atoms with Gasteiger partial charge in [0.05, 0.1) is 20.3 Å². The van der Waals surface area contributed by atoms with Crippen LogP contribution in [0.5, 0.6) is 0 Å². The molecule has 0 radical (unpaired) electrons. The highest BCUT2D eigenvalue weighted by Crippen LogP contribution is 2.22. The number of carbonyl (C=O) groups is 1. The van der Waals surface area contributed by atoms with Crippen LogP contribution in [0, 0.1) is 0 Å². The van der Waals surface area contributed by atoms with Crippen LogP contribution in [0.15, 0.2) is 0 Å². The number of methoxy groups -OCH3 is 1. The molecule has 1 fully saturated rings. The number of esters is 1. The molecule has 19 heavy (non-hydrogen) atoms. The summed E-state index contributed by atoms with van der Waals surface area (Å²) in [6, 6.07) is 0. The van der Waals surface area contributed by atoms with Gasteiger partial charge < -0.3 is 34.6 Å². The molecule has 112 valence electrons. The fourth-order valence-corrected chi connectivity index (χ4v) is 1.72. The Hall–Kier alpha value is -0.770. The molecule has 1 heterocycles. The van der Waals surface area contributed by atoms with Gasteiger partial charge in [-0.15, -0.1) is 0 Å². The van der Waals surface area contributed by atoms with Crippen LogP contribution < -0.4 is 0 Å². The Morgan fingerprint density at radius 2 is 1.89 bits per heavy atom. The molecular weight excluding hydrogens is 260 g/mol. The van der Waals surface area contributed by atoms with Crippen LogP contribution in [0.3, 0.4) is 0 Å². The van der Waals surface area contributed by atoms with E-state index in [-0.39, 0.29) is 19.0 Å². The van der Waals surface area contributed by atoms with E-state index in [1.165, 1.54) is 7.11 Å². The molecule has 8 heteroatoms. The summed E-state index contributed by atoms with van der Waals surface area (Å²) in [4.78, 5) is 10.9. The molecule has 5 atom stereocenters. The predicted molar refractivity (Wildman–Crippen MR) is 61.0 cm³/mol. The molecule has 0 bridgehead atoms. The van der Waals surface area contributed by atoms with E-state index in [2.05, 4.69) is 4.74 Å². The van der Waals surface area contributed by atoms with Gasteiger partial charge in [0.15, 0.2) is 6.29 Å². The first-order chi connectivity index (χ1) is 9.01. The number of aliphatic hydroxyl groups excluding tert-OH is 4. The number of hydrogen-bond acceptors (Lipinski definition) is 8. The zero-order chi connectivity index (χ0) is 14.4. The van der Waals surface area contributed by atoms with E-state index in [4.69, 9.17) is 14.6 Å². The summed E-state index contributed by atoms with van der Waals surface area (Å²) in [6.45, 7) is -0.398. The maximum Gasteiger partial charge on any atom is 0.305 e. The molecule has 0 unspecified atom stereocenters. The van der Waals surface area contributed by atoms with E-state index in [1.807, 2.05) is 0 Å². The average Bonchev–Trinajstić information content (AvgIpc) is 2.42. The topological polar surface area (TPSA) is 126 Å². The summed E-state index contributed by atoms with van der Waals surface area (Å²) in [6.07, 6.45) is -5.92. The number of aliphatic hydroxyl groups is 4. The lowest BCUT2D eigenvalue weighted by atomic mass is 9.99. The van der Waals surface area contributed by atoms with Crippen LogP contribution in [-0.4, -0.2) is 77.4 Å². The van der Waals surface area contributed by atoms with Gasteiger partial charge in [0.25, 0.3) is 0 Å². The predicted octanol–water partition coefficient (Wildman–Crippen LogP) is -2.24. The summed E-state index contributed by atoms with van der Waals surface area (Å²) >= 11 is 0. The zero-order valence-electron chi connectivity index (χ0n) is 10.6. The average molecular weight is 280 g/mol. The van der Waals surface area contributed by atoms with Gasteiger partial charge in [-0.25, -0.2) is 0 Å². The minimum absolute atomic E-state index is 0.109. The van der Waals surface area contributed by atoms with Gasteiger partial charge in [0, 0.05) is 6.42 Å². The lowest BCUT2D eigenvalue weighted by Gasteiger charge is -2.39. The molecule has 1 saturated heterocycles. The molecule has 0 aliphatic carbocycles. The van der Waals surface area contributed by atoms with Crippen molar-refractivity contribution in [2.75, 3.05) is 20.3 Å². The Balaban J connectivity index is 2.37. The van der Waals surface area contributed by atoms with Crippen molar-refractivity contribution in [3.05, 3.63) is 0 Å². The normalized spacial score (nSPS) is 35.1. The fourth-order valence-electron chi connectivity index (χ4n) is 1.72. The zero-order valence-corrected chi connectivity index (χ0v) is 10.6. The summed E-state index contributed by atoms with van der Waals surface area (Å²) in [7, 11) is 1.28. The van der Waals surface area contributed by atoms with E-state index < -0.39 is 37.3 Å². The smallest absolute Gasteiger partial charge is 0.305 e. The lowest BCUT2D eigenvalue weighted by molar-refractivity contribution is -0.301. The Labute approximate surface area is 110 Å². The van der Waals surface area contributed by atoms with Gasteiger partial charge in [-0.05, 0) is 6.42 Å². The molecule has 0 saturated carbocycles. The van der Waals surface area contributed by atoms with Crippen molar-refractivity contribution in [1.29, 1.82) is 0 Å². The number of rotatable bonds is 6. The minimum Gasteiger partial charge on any atom is -0.469 e. The largest absolute Gasteiger partial charge is 0.469 e. The number of carbonyl (C=O) groups excluding carboxylic acids is 1. The van der Waals surface area contributed by atoms with Crippen LogP contribution in [-0.2, 0) is 19.0 Å². The van der Waals surface area contributed by atoms with Gasteiger partial charge in [0.1, 0.15) is 24.4 Å². The SMILES string of the molecule is COC(=O)CCCO[C@@H]1O[C@H](CO)[C@@H](O)[C@H](O)[C@H]1O. The summed E-state index contributed by atoms with van der Waals surface area (Å²) in [5, 5.41) is 37.7. The van der Waals surface area contributed by atoms with Crippen molar-refractivity contribution < 1.29 is 39.4 Å². The first-order valence-electron chi connectivity index (χ1n) is 6.00. The fraction of sp³-hybridized carbons (Fsp3) is 0.909. The maximum absolute atomic E-state index is 10.9. The molecule has 0 aromatic rings. The first kappa shape index (κ1) is 16.3. The van der Waals surface area contributed by atoms with E-state index >= 15 is 0 Å². The molecule has 1 aliphatic rings. The van der Waals surface area contributed by atoms with Gasteiger partial charge >= 0.3 is 5.97 Å². The number of hydrogen-bond donors (Lipinski definition) is 4. The first-order valence-corrected chi connectivity index (χ1v) is 6.00. The van der Waals surface area contributed by atoms with Crippen molar-refractivity contribution in [3.8, 4) is 0 Å². The lowest BCUT2D eigenvalue weighted by Crippen LogP contribution is -2.59. The third-order valence-electron chi connectivity index (χ3n) is 2.88. The van der Waals surface area contributed by atoms with E-state index in [9.17, 15) is 20.1 Å². The number of ether oxygens (including phenoxy) is 3. The van der Waals surface area contributed by atoms with Crippen LogP contribution in [0.2, 0.25) is 0 Å².